The second kappa shape index (κ2) is 5.22. The maximum absolute atomic E-state index is 8.88. The Kier molecular flexibility index (Phi) is 4.22. The Hall–Kier alpha value is -0.740. The molecule has 78 valence electrons. The Labute approximate surface area is 91.8 Å². The van der Waals surface area contributed by atoms with Gasteiger partial charge in [0.2, 0.25) is 0 Å². The van der Waals surface area contributed by atoms with Gasteiger partial charge < -0.3 is 14.6 Å². The van der Waals surface area contributed by atoms with Crippen LogP contribution in [0.4, 0.5) is 0 Å². The highest BCUT2D eigenvalue weighted by Gasteiger charge is 2.09. The molecule has 0 aliphatic rings. The van der Waals surface area contributed by atoms with E-state index < -0.39 is 0 Å². The predicted octanol–water partition coefficient (Wildman–Crippen LogP) is 2.00. The lowest BCUT2D eigenvalue weighted by Gasteiger charge is -2.11. The Bertz CT molecular complexity index is 312. The number of halogens is 1. The Balaban J connectivity index is 3.13. The third-order valence-electron chi connectivity index (χ3n) is 1.95. The number of benzene rings is 1. The molecule has 0 aliphatic carbocycles. The third-order valence-corrected chi connectivity index (χ3v) is 2.65. The van der Waals surface area contributed by atoms with Gasteiger partial charge in [-0.05, 0) is 6.07 Å². The number of methoxy groups -OCH3 is 2. The molecule has 0 atom stereocenters. The fourth-order valence-corrected chi connectivity index (χ4v) is 1.86. The monoisotopic (exact) mass is 260 g/mol. The van der Waals surface area contributed by atoms with Crippen LogP contribution in [0.25, 0.3) is 0 Å². The summed E-state index contributed by atoms with van der Waals surface area (Å²) in [6.07, 6.45) is 0.563. The highest BCUT2D eigenvalue weighted by molar-refractivity contribution is 9.10. The van der Waals surface area contributed by atoms with Crippen LogP contribution >= 0.6 is 15.9 Å². The summed E-state index contributed by atoms with van der Waals surface area (Å²) in [5.41, 5.74) is 0.954. The van der Waals surface area contributed by atoms with E-state index in [1.165, 1.54) is 0 Å². The van der Waals surface area contributed by atoms with Crippen LogP contribution in [0, 0.1) is 0 Å². The van der Waals surface area contributed by atoms with E-state index in [0.717, 1.165) is 21.5 Å². The molecule has 1 rings (SSSR count). The van der Waals surface area contributed by atoms with Crippen molar-refractivity contribution in [3.8, 4) is 11.5 Å². The molecule has 0 saturated heterocycles. The number of rotatable bonds is 4. The first-order valence-corrected chi connectivity index (χ1v) is 5.03. The van der Waals surface area contributed by atoms with Gasteiger partial charge in [0.25, 0.3) is 0 Å². The standard InChI is InChI=1S/C10H13BrO3/c1-13-7-5-9(11)8(3-4-12)10(6-7)14-2/h5-6,12H,3-4H2,1-2H3. The van der Waals surface area contributed by atoms with E-state index in [4.69, 9.17) is 14.6 Å². The summed E-state index contributed by atoms with van der Waals surface area (Å²) in [6, 6.07) is 3.66. The highest BCUT2D eigenvalue weighted by Crippen LogP contribution is 2.32. The largest absolute Gasteiger partial charge is 0.497 e. The van der Waals surface area contributed by atoms with Crippen molar-refractivity contribution in [2.45, 2.75) is 6.42 Å². The zero-order chi connectivity index (χ0) is 10.6. The summed E-state index contributed by atoms with van der Waals surface area (Å²) < 4.78 is 11.2. The van der Waals surface area contributed by atoms with Crippen molar-refractivity contribution in [1.29, 1.82) is 0 Å². The molecule has 1 aromatic carbocycles. The second-order valence-electron chi connectivity index (χ2n) is 2.76. The zero-order valence-corrected chi connectivity index (χ0v) is 9.80. The van der Waals surface area contributed by atoms with E-state index in [9.17, 15) is 0 Å². The normalized spacial score (nSPS) is 10.0. The van der Waals surface area contributed by atoms with E-state index in [0.29, 0.717) is 6.42 Å². The van der Waals surface area contributed by atoms with Crippen molar-refractivity contribution >= 4 is 15.9 Å². The molecule has 0 bridgehead atoms. The minimum absolute atomic E-state index is 0.0985. The average molecular weight is 261 g/mol. The van der Waals surface area contributed by atoms with E-state index in [-0.39, 0.29) is 6.61 Å². The van der Waals surface area contributed by atoms with Crippen molar-refractivity contribution in [3.63, 3.8) is 0 Å². The fourth-order valence-electron chi connectivity index (χ4n) is 1.24. The first kappa shape index (κ1) is 11.3. The van der Waals surface area contributed by atoms with Gasteiger partial charge in [0.15, 0.2) is 0 Å². The van der Waals surface area contributed by atoms with Crippen molar-refractivity contribution in [1.82, 2.24) is 0 Å². The topological polar surface area (TPSA) is 38.7 Å². The smallest absolute Gasteiger partial charge is 0.126 e. The van der Waals surface area contributed by atoms with E-state index in [1.807, 2.05) is 6.07 Å². The maximum Gasteiger partial charge on any atom is 0.126 e. The number of aliphatic hydroxyl groups excluding tert-OH is 1. The molecule has 0 radical (unpaired) electrons. The Morgan fingerprint density at radius 3 is 2.50 bits per heavy atom. The summed E-state index contributed by atoms with van der Waals surface area (Å²) in [4.78, 5) is 0. The quantitative estimate of drug-likeness (QED) is 0.900. The molecule has 0 fully saturated rings. The molecular formula is C10H13BrO3. The Morgan fingerprint density at radius 2 is 2.00 bits per heavy atom. The lowest BCUT2D eigenvalue weighted by Crippen LogP contribution is -1.98. The van der Waals surface area contributed by atoms with Gasteiger partial charge in [0, 0.05) is 29.1 Å². The molecule has 0 spiro atoms. The van der Waals surface area contributed by atoms with Gasteiger partial charge in [-0.15, -0.1) is 0 Å². The minimum Gasteiger partial charge on any atom is -0.497 e. The van der Waals surface area contributed by atoms with Crippen LogP contribution < -0.4 is 9.47 Å². The molecule has 14 heavy (non-hydrogen) atoms. The first-order valence-electron chi connectivity index (χ1n) is 4.24. The summed E-state index contributed by atoms with van der Waals surface area (Å²) in [5.74, 6) is 1.46. The highest BCUT2D eigenvalue weighted by atomic mass is 79.9. The van der Waals surface area contributed by atoms with Crippen LogP contribution in [0.15, 0.2) is 16.6 Å². The van der Waals surface area contributed by atoms with Crippen LogP contribution in [-0.4, -0.2) is 25.9 Å². The molecular weight excluding hydrogens is 248 g/mol. The molecule has 0 aromatic heterocycles. The maximum atomic E-state index is 8.88. The predicted molar refractivity (Wildman–Crippen MR) is 58.0 cm³/mol. The van der Waals surface area contributed by atoms with Gasteiger partial charge >= 0.3 is 0 Å². The second-order valence-corrected chi connectivity index (χ2v) is 3.62. The van der Waals surface area contributed by atoms with Crippen LogP contribution in [0.5, 0.6) is 11.5 Å². The van der Waals surface area contributed by atoms with Crippen LogP contribution in [0.2, 0.25) is 0 Å². The summed E-state index contributed by atoms with van der Waals surface area (Å²) in [6.45, 7) is 0.0985. The molecule has 0 aliphatic heterocycles. The lowest BCUT2D eigenvalue weighted by molar-refractivity contribution is 0.296. The SMILES string of the molecule is COc1cc(Br)c(CCO)c(OC)c1. The van der Waals surface area contributed by atoms with Crippen LogP contribution in [0.1, 0.15) is 5.56 Å². The number of aliphatic hydroxyl groups is 1. The van der Waals surface area contributed by atoms with E-state index in [1.54, 1.807) is 20.3 Å². The van der Waals surface area contributed by atoms with Crippen LogP contribution in [0.3, 0.4) is 0 Å². The van der Waals surface area contributed by atoms with Crippen LogP contribution in [-0.2, 0) is 6.42 Å². The summed E-state index contributed by atoms with van der Waals surface area (Å²) in [7, 11) is 3.20. The average Bonchev–Trinajstić information content (AvgIpc) is 2.20. The molecule has 3 nitrogen and oxygen atoms in total. The number of hydrogen-bond acceptors (Lipinski definition) is 3. The minimum atomic E-state index is 0.0985. The third kappa shape index (κ3) is 2.39. The van der Waals surface area contributed by atoms with Crippen molar-refractivity contribution in [2.75, 3.05) is 20.8 Å². The van der Waals surface area contributed by atoms with Crippen molar-refractivity contribution < 1.29 is 14.6 Å². The van der Waals surface area contributed by atoms with E-state index >= 15 is 0 Å². The van der Waals surface area contributed by atoms with Crippen molar-refractivity contribution in [3.05, 3.63) is 22.2 Å². The first-order chi connectivity index (χ1) is 6.72. The summed E-state index contributed by atoms with van der Waals surface area (Å²) in [5, 5.41) is 8.88. The zero-order valence-electron chi connectivity index (χ0n) is 8.21. The molecule has 0 amide bonds. The number of hydrogen-bond donors (Lipinski definition) is 1. The lowest BCUT2D eigenvalue weighted by atomic mass is 10.1. The van der Waals surface area contributed by atoms with Gasteiger partial charge in [-0.2, -0.15) is 0 Å². The molecule has 0 unspecified atom stereocenters. The molecule has 1 N–H and O–H groups in total. The number of ether oxygens (including phenoxy) is 2. The van der Waals surface area contributed by atoms with Gasteiger partial charge in [-0.25, -0.2) is 0 Å². The van der Waals surface area contributed by atoms with Gasteiger partial charge in [0.05, 0.1) is 14.2 Å². The fraction of sp³-hybridized carbons (Fsp3) is 0.400. The molecule has 0 heterocycles. The molecule has 1 aromatic rings. The Morgan fingerprint density at radius 1 is 1.29 bits per heavy atom. The van der Waals surface area contributed by atoms with Gasteiger partial charge in [-0.3, -0.25) is 0 Å². The van der Waals surface area contributed by atoms with Gasteiger partial charge in [0.1, 0.15) is 11.5 Å². The van der Waals surface area contributed by atoms with E-state index in [2.05, 4.69) is 15.9 Å². The van der Waals surface area contributed by atoms with Crippen molar-refractivity contribution in [2.24, 2.45) is 0 Å². The molecule has 4 heteroatoms. The van der Waals surface area contributed by atoms with Gasteiger partial charge in [-0.1, -0.05) is 15.9 Å². The molecule has 0 saturated carbocycles. The summed E-state index contributed by atoms with van der Waals surface area (Å²) >= 11 is 3.41.